The molecule has 100 valence electrons. The van der Waals surface area contributed by atoms with Gasteiger partial charge in [0.1, 0.15) is 0 Å². The summed E-state index contributed by atoms with van der Waals surface area (Å²) in [5.41, 5.74) is 7.67. The molecule has 18 heavy (non-hydrogen) atoms. The molecule has 1 aliphatic rings. The molecule has 0 bridgehead atoms. The first kappa shape index (κ1) is 14.5. The molecule has 2 unspecified atom stereocenters. The first-order valence-corrected chi connectivity index (χ1v) is 8.05. The lowest BCUT2D eigenvalue weighted by molar-refractivity contribution is 0.0947. The monoisotopic (exact) mass is 374 g/mol. The van der Waals surface area contributed by atoms with E-state index in [-0.39, 0.29) is 6.04 Å². The average molecular weight is 376 g/mol. The van der Waals surface area contributed by atoms with Crippen LogP contribution < -0.4 is 5.73 Å². The standard InChI is InChI=1S/C14H20Br2N2/c1-9(2)18-7-3-4-13(17)14(18)10-5-6-11(15)12(16)8-10/h5-6,8-9,13-14H,3-4,7,17H2,1-2H3. The predicted octanol–water partition coefficient (Wildman–Crippen LogP) is 4.08. The number of hydrogen-bond acceptors (Lipinski definition) is 2. The van der Waals surface area contributed by atoms with Crippen LogP contribution in [0, 0.1) is 0 Å². The second kappa shape index (κ2) is 6.04. The SMILES string of the molecule is CC(C)N1CCCC(N)C1c1ccc(Br)c(Br)c1. The molecule has 1 fully saturated rings. The summed E-state index contributed by atoms with van der Waals surface area (Å²) < 4.78 is 2.19. The summed E-state index contributed by atoms with van der Waals surface area (Å²) in [5.74, 6) is 0. The zero-order valence-corrected chi connectivity index (χ0v) is 14.0. The van der Waals surface area contributed by atoms with Crippen molar-refractivity contribution in [1.82, 2.24) is 4.90 Å². The van der Waals surface area contributed by atoms with E-state index < -0.39 is 0 Å². The van der Waals surface area contributed by atoms with Crippen molar-refractivity contribution in [2.24, 2.45) is 5.73 Å². The lowest BCUT2D eigenvalue weighted by Gasteiger charge is -2.42. The molecule has 1 heterocycles. The van der Waals surface area contributed by atoms with Crippen LogP contribution in [-0.2, 0) is 0 Å². The van der Waals surface area contributed by atoms with Crippen molar-refractivity contribution in [2.45, 2.75) is 44.8 Å². The highest BCUT2D eigenvalue weighted by atomic mass is 79.9. The fraction of sp³-hybridized carbons (Fsp3) is 0.571. The van der Waals surface area contributed by atoms with Crippen LogP contribution in [-0.4, -0.2) is 23.5 Å². The first-order valence-electron chi connectivity index (χ1n) is 6.47. The van der Waals surface area contributed by atoms with E-state index in [1.165, 1.54) is 12.0 Å². The second-order valence-electron chi connectivity index (χ2n) is 5.26. The maximum Gasteiger partial charge on any atom is 0.0502 e. The van der Waals surface area contributed by atoms with Crippen molar-refractivity contribution in [1.29, 1.82) is 0 Å². The minimum Gasteiger partial charge on any atom is -0.326 e. The van der Waals surface area contributed by atoms with Gasteiger partial charge in [0, 0.05) is 21.0 Å². The van der Waals surface area contributed by atoms with Gasteiger partial charge >= 0.3 is 0 Å². The molecule has 0 saturated carbocycles. The van der Waals surface area contributed by atoms with Gasteiger partial charge in [-0.25, -0.2) is 0 Å². The molecule has 0 aromatic heterocycles. The van der Waals surface area contributed by atoms with Gasteiger partial charge in [0.2, 0.25) is 0 Å². The number of nitrogens with two attached hydrogens (primary N) is 1. The molecule has 2 nitrogen and oxygen atoms in total. The van der Waals surface area contributed by atoms with Crippen LogP contribution >= 0.6 is 31.9 Å². The molecule has 1 aromatic carbocycles. The smallest absolute Gasteiger partial charge is 0.0502 e. The fourth-order valence-corrected chi connectivity index (χ4v) is 3.41. The summed E-state index contributed by atoms with van der Waals surface area (Å²) in [5, 5.41) is 0. The largest absolute Gasteiger partial charge is 0.326 e. The molecule has 1 aliphatic heterocycles. The quantitative estimate of drug-likeness (QED) is 0.843. The number of rotatable bonds is 2. The van der Waals surface area contributed by atoms with Crippen LogP contribution in [0.4, 0.5) is 0 Å². The first-order chi connectivity index (χ1) is 8.50. The van der Waals surface area contributed by atoms with E-state index in [2.05, 4.69) is 68.8 Å². The Labute approximate surface area is 126 Å². The van der Waals surface area contributed by atoms with Gasteiger partial charge in [-0.2, -0.15) is 0 Å². The maximum atomic E-state index is 6.36. The normalized spacial score (nSPS) is 25.7. The molecule has 1 saturated heterocycles. The van der Waals surface area contributed by atoms with Gasteiger partial charge in [0.05, 0.1) is 6.04 Å². The number of halogens is 2. The highest BCUT2D eigenvalue weighted by molar-refractivity contribution is 9.13. The van der Waals surface area contributed by atoms with Crippen molar-refractivity contribution in [2.75, 3.05) is 6.54 Å². The summed E-state index contributed by atoms with van der Waals surface area (Å²) in [4.78, 5) is 2.52. The lowest BCUT2D eigenvalue weighted by atomic mass is 9.90. The molecule has 2 N–H and O–H groups in total. The highest BCUT2D eigenvalue weighted by Gasteiger charge is 2.31. The Hall–Kier alpha value is 0.1000. The molecule has 1 aromatic rings. The number of likely N-dealkylation sites (tertiary alicyclic amines) is 1. The third kappa shape index (κ3) is 2.98. The summed E-state index contributed by atoms with van der Waals surface area (Å²) in [6.45, 7) is 5.64. The number of piperidine rings is 1. The Balaban J connectivity index is 2.34. The van der Waals surface area contributed by atoms with Gasteiger partial charge in [-0.05, 0) is 82.8 Å². The highest BCUT2D eigenvalue weighted by Crippen LogP contribution is 2.34. The molecule has 0 amide bonds. The Kier molecular flexibility index (Phi) is 4.86. The van der Waals surface area contributed by atoms with Crippen LogP contribution in [0.5, 0.6) is 0 Å². The van der Waals surface area contributed by atoms with E-state index in [1.807, 2.05) is 0 Å². The van der Waals surface area contributed by atoms with E-state index in [1.54, 1.807) is 0 Å². The van der Waals surface area contributed by atoms with E-state index in [0.29, 0.717) is 12.1 Å². The molecular formula is C14H20Br2N2. The Morgan fingerprint density at radius 2 is 2.00 bits per heavy atom. The van der Waals surface area contributed by atoms with Crippen molar-refractivity contribution < 1.29 is 0 Å². The molecule has 0 radical (unpaired) electrons. The fourth-order valence-electron chi connectivity index (χ4n) is 2.77. The number of nitrogens with zero attached hydrogens (tertiary/aromatic N) is 1. The van der Waals surface area contributed by atoms with Gasteiger partial charge in [-0.15, -0.1) is 0 Å². The van der Waals surface area contributed by atoms with E-state index in [9.17, 15) is 0 Å². The second-order valence-corrected chi connectivity index (χ2v) is 6.96. The van der Waals surface area contributed by atoms with Crippen LogP contribution in [0.1, 0.15) is 38.3 Å². The minimum absolute atomic E-state index is 0.231. The minimum atomic E-state index is 0.231. The third-order valence-corrected chi connectivity index (χ3v) is 5.54. The van der Waals surface area contributed by atoms with E-state index in [4.69, 9.17) is 5.73 Å². The van der Waals surface area contributed by atoms with Crippen molar-refractivity contribution >= 4 is 31.9 Å². The van der Waals surface area contributed by atoms with E-state index in [0.717, 1.165) is 21.9 Å². The van der Waals surface area contributed by atoms with Crippen molar-refractivity contribution in [3.63, 3.8) is 0 Å². The zero-order valence-electron chi connectivity index (χ0n) is 10.9. The maximum absolute atomic E-state index is 6.36. The molecular weight excluding hydrogens is 356 g/mol. The third-order valence-electron chi connectivity index (χ3n) is 3.67. The molecule has 2 atom stereocenters. The van der Waals surface area contributed by atoms with Crippen LogP contribution in [0.2, 0.25) is 0 Å². The molecule has 0 aliphatic carbocycles. The van der Waals surface area contributed by atoms with Crippen LogP contribution in [0.3, 0.4) is 0 Å². The van der Waals surface area contributed by atoms with Crippen molar-refractivity contribution in [3.05, 3.63) is 32.7 Å². The summed E-state index contributed by atoms with van der Waals surface area (Å²) in [7, 11) is 0. The zero-order chi connectivity index (χ0) is 13.3. The summed E-state index contributed by atoms with van der Waals surface area (Å²) >= 11 is 7.10. The van der Waals surface area contributed by atoms with Crippen molar-refractivity contribution in [3.8, 4) is 0 Å². The molecule has 4 heteroatoms. The molecule has 2 rings (SSSR count). The molecule has 0 spiro atoms. The predicted molar refractivity (Wildman–Crippen MR) is 83.6 cm³/mol. The van der Waals surface area contributed by atoms with Gasteiger partial charge in [0.15, 0.2) is 0 Å². The van der Waals surface area contributed by atoms with Crippen LogP contribution in [0.25, 0.3) is 0 Å². The average Bonchev–Trinajstić information content (AvgIpc) is 2.32. The summed E-state index contributed by atoms with van der Waals surface area (Å²) in [6, 6.07) is 7.57. The van der Waals surface area contributed by atoms with Gasteiger partial charge < -0.3 is 5.73 Å². The Morgan fingerprint density at radius 1 is 1.28 bits per heavy atom. The van der Waals surface area contributed by atoms with E-state index >= 15 is 0 Å². The number of hydrogen-bond donors (Lipinski definition) is 1. The van der Waals surface area contributed by atoms with Crippen LogP contribution in [0.15, 0.2) is 27.1 Å². The Morgan fingerprint density at radius 3 is 2.61 bits per heavy atom. The van der Waals surface area contributed by atoms with Gasteiger partial charge in [0.25, 0.3) is 0 Å². The van der Waals surface area contributed by atoms with Gasteiger partial charge in [-0.3, -0.25) is 4.90 Å². The topological polar surface area (TPSA) is 29.3 Å². The number of benzene rings is 1. The lowest BCUT2D eigenvalue weighted by Crippen LogP contribution is -2.48. The Bertz CT molecular complexity index is 420. The van der Waals surface area contributed by atoms with Gasteiger partial charge in [-0.1, -0.05) is 6.07 Å². The summed E-state index contributed by atoms with van der Waals surface area (Å²) in [6.07, 6.45) is 2.31.